The lowest BCUT2D eigenvalue weighted by Gasteiger charge is -2.09. The van der Waals surface area contributed by atoms with Gasteiger partial charge in [0.25, 0.3) is 0 Å². The molecule has 1 N–H and O–H groups in total. The summed E-state index contributed by atoms with van der Waals surface area (Å²) in [5, 5.41) is 0. The highest BCUT2D eigenvalue weighted by atomic mass is 79.9. The zero-order valence-electron chi connectivity index (χ0n) is 8.87. The zero-order chi connectivity index (χ0) is 11.5. The SMILES string of the molecule is Cc1ccc(C(Br)Cc2ncc[nH]2)cc1F. The highest BCUT2D eigenvalue weighted by Gasteiger charge is 2.11. The van der Waals surface area contributed by atoms with Crippen molar-refractivity contribution in [2.24, 2.45) is 0 Å². The number of benzene rings is 1. The van der Waals surface area contributed by atoms with Gasteiger partial charge in [-0.05, 0) is 24.1 Å². The van der Waals surface area contributed by atoms with Crippen molar-refractivity contribution in [3.63, 3.8) is 0 Å². The van der Waals surface area contributed by atoms with Crippen LogP contribution in [0, 0.1) is 12.7 Å². The molecular weight excluding hydrogens is 271 g/mol. The molecule has 0 radical (unpaired) electrons. The molecule has 0 amide bonds. The minimum absolute atomic E-state index is 0.0775. The molecule has 16 heavy (non-hydrogen) atoms. The quantitative estimate of drug-likeness (QED) is 0.858. The summed E-state index contributed by atoms with van der Waals surface area (Å²) in [6.45, 7) is 1.76. The molecule has 0 saturated carbocycles. The van der Waals surface area contributed by atoms with E-state index in [1.165, 1.54) is 0 Å². The van der Waals surface area contributed by atoms with E-state index in [2.05, 4.69) is 25.9 Å². The van der Waals surface area contributed by atoms with Crippen molar-refractivity contribution in [1.82, 2.24) is 9.97 Å². The second kappa shape index (κ2) is 4.78. The van der Waals surface area contributed by atoms with Crippen LogP contribution in [0.3, 0.4) is 0 Å². The number of rotatable bonds is 3. The summed E-state index contributed by atoms with van der Waals surface area (Å²) in [7, 11) is 0. The third-order valence-electron chi connectivity index (χ3n) is 2.48. The number of nitrogens with one attached hydrogen (secondary N) is 1. The maximum Gasteiger partial charge on any atom is 0.126 e. The Morgan fingerprint density at radius 2 is 2.31 bits per heavy atom. The second-order valence-corrected chi connectivity index (χ2v) is 4.82. The van der Waals surface area contributed by atoms with Crippen molar-refractivity contribution in [1.29, 1.82) is 0 Å². The monoisotopic (exact) mass is 282 g/mol. The second-order valence-electron chi connectivity index (χ2n) is 3.72. The number of H-pyrrole nitrogens is 1. The predicted octanol–water partition coefficient (Wildman–Crippen LogP) is 3.54. The Kier molecular flexibility index (Phi) is 3.39. The van der Waals surface area contributed by atoms with Crippen LogP contribution in [0.2, 0.25) is 0 Å². The molecule has 0 aliphatic rings. The molecule has 1 unspecified atom stereocenters. The first-order valence-electron chi connectivity index (χ1n) is 5.05. The summed E-state index contributed by atoms with van der Waals surface area (Å²) in [5.41, 5.74) is 1.60. The Balaban J connectivity index is 2.14. The van der Waals surface area contributed by atoms with Gasteiger partial charge in [-0.2, -0.15) is 0 Å². The van der Waals surface area contributed by atoms with Crippen LogP contribution in [0.15, 0.2) is 30.6 Å². The molecule has 1 heterocycles. The molecule has 1 atom stereocenters. The first kappa shape index (κ1) is 11.3. The van der Waals surface area contributed by atoms with Crippen LogP contribution in [-0.2, 0) is 6.42 Å². The lowest BCUT2D eigenvalue weighted by Crippen LogP contribution is -1.98. The summed E-state index contributed by atoms with van der Waals surface area (Å²) in [6.07, 6.45) is 4.21. The molecule has 1 aromatic heterocycles. The zero-order valence-corrected chi connectivity index (χ0v) is 10.5. The van der Waals surface area contributed by atoms with Gasteiger partial charge in [-0.3, -0.25) is 0 Å². The number of aromatic amines is 1. The van der Waals surface area contributed by atoms with E-state index in [0.29, 0.717) is 5.56 Å². The molecule has 0 aliphatic heterocycles. The highest BCUT2D eigenvalue weighted by molar-refractivity contribution is 9.09. The third-order valence-corrected chi connectivity index (χ3v) is 3.34. The van der Waals surface area contributed by atoms with Crippen molar-refractivity contribution < 1.29 is 4.39 Å². The van der Waals surface area contributed by atoms with E-state index in [1.54, 1.807) is 31.5 Å². The van der Waals surface area contributed by atoms with Gasteiger partial charge in [-0.25, -0.2) is 9.37 Å². The van der Waals surface area contributed by atoms with Crippen LogP contribution in [0.25, 0.3) is 0 Å². The van der Waals surface area contributed by atoms with Gasteiger partial charge >= 0.3 is 0 Å². The summed E-state index contributed by atoms with van der Waals surface area (Å²) in [4.78, 5) is 7.25. The van der Waals surface area contributed by atoms with E-state index < -0.39 is 0 Å². The minimum Gasteiger partial charge on any atom is -0.349 e. The van der Waals surface area contributed by atoms with Gasteiger partial charge in [0.15, 0.2) is 0 Å². The number of aryl methyl sites for hydroxylation is 1. The highest BCUT2D eigenvalue weighted by Crippen LogP contribution is 2.27. The van der Waals surface area contributed by atoms with E-state index in [-0.39, 0.29) is 10.6 Å². The number of nitrogens with zero attached hydrogens (tertiary/aromatic N) is 1. The largest absolute Gasteiger partial charge is 0.349 e. The van der Waals surface area contributed by atoms with Crippen molar-refractivity contribution in [2.75, 3.05) is 0 Å². The van der Waals surface area contributed by atoms with Crippen LogP contribution in [0.5, 0.6) is 0 Å². The Labute approximate surface area is 102 Å². The maximum atomic E-state index is 13.4. The van der Waals surface area contributed by atoms with Gasteiger partial charge in [0.05, 0.1) is 0 Å². The normalized spacial score (nSPS) is 12.7. The summed E-state index contributed by atoms with van der Waals surface area (Å²) in [6, 6.07) is 5.29. The van der Waals surface area contributed by atoms with Crippen molar-refractivity contribution in [3.05, 3.63) is 53.4 Å². The number of aromatic nitrogens is 2. The van der Waals surface area contributed by atoms with E-state index >= 15 is 0 Å². The maximum absolute atomic E-state index is 13.4. The number of halogens is 2. The standard InChI is InChI=1S/C12H12BrFN2/c1-8-2-3-9(6-11(8)14)10(13)7-12-15-4-5-16-12/h2-6,10H,7H2,1H3,(H,15,16). The fourth-order valence-electron chi connectivity index (χ4n) is 1.50. The molecule has 84 valence electrons. The van der Waals surface area contributed by atoms with Crippen LogP contribution >= 0.6 is 15.9 Å². The fourth-order valence-corrected chi connectivity index (χ4v) is 2.09. The van der Waals surface area contributed by atoms with Crippen molar-refractivity contribution >= 4 is 15.9 Å². The smallest absolute Gasteiger partial charge is 0.126 e. The van der Waals surface area contributed by atoms with Gasteiger partial charge in [0.2, 0.25) is 0 Å². The summed E-state index contributed by atoms with van der Waals surface area (Å²) >= 11 is 3.54. The van der Waals surface area contributed by atoms with E-state index in [1.807, 2.05) is 6.07 Å². The van der Waals surface area contributed by atoms with Gasteiger partial charge in [-0.1, -0.05) is 28.1 Å². The summed E-state index contributed by atoms with van der Waals surface area (Å²) in [5.74, 6) is 0.726. The Bertz CT molecular complexity index is 468. The predicted molar refractivity (Wildman–Crippen MR) is 65.1 cm³/mol. The van der Waals surface area contributed by atoms with E-state index in [4.69, 9.17) is 0 Å². The molecule has 0 spiro atoms. The van der Waals surface area contributed by atoms with Crippen LogP contribution in [-0.4, -0.2) is 9.97 Å². The lowest BCUT2D eigenvalue weighted by molar-refractivity contribution is 0.615. The molecule has 4 heteroatoms. The molecule has 1 aromatic carbocycles. The Hall–Kier alpha value is -1.16. The molecule has 0 bridgehead atoms. The Morgan fingerprint density at radius 3 is 2.94 bits per heavy atom. The van der Waals surface area contributed by atoms with Gasteiger partial charge in [-0.15, -0.1) is 0 Å². The molecular formula is C12H12BrFN2. The first-order valence-corrected chi connectivity index (χ1v) is 5.97. The average Bonchev–Trinajstić information content (AvgIpc) is 2.74. The number of alkyl halides is 1. The van der Waals surface area contributed by atoms with Crippen LogP contribution in [0.1, 0.15) is 21.8 Å². The van der Waals surface area contributed by atoms with E-state index in [0.717, 1.165) is 17.8 Å². The van der Waals surface area contributed by atoms with Crippen LogP contribution in [0.4, 0.5) is 4.39 Å². The van der Waals surface area contributed by atoms with Crippen molar-refractivity contribution in [2.45, 2.75) is 18.2 Å². The molecule has 2 aromatic rings. The Morgan fingerprint density at radius 1 is 1.50 bits per heavy atom. The number of hydrogen-bond acceptors (Lipinski definition) is 1. The molecule has 2 nitrogen and oxygen atoms in total. The van der Waals surface area contributed by atoms with Gasteiger partial charge in [0, 0.05) is 23.6 Å². The molecule has 0 fully saturated rings. The van der Waals surface area contributed by atoms with E-state index in [9.17, 15) is 4.39 Å². The third kappa shape index (κ3) is 2.50. The van der Waals surface area contributed by atoms with Gasteiger partial charge in [0.1, 0.15) is 11.6 Å². The molecule has 2 rings (SSSR count). The van der Waals surface area contributed by atoms with Crippen LogP contribution < -0.4 is 0 Å². The number of imidazole rings is 1. The fraction of sp³-hybridized carbons (Fsp3) is 0.250. The average molecular weight is 283 g/mol. The lowest BCUT2D eigenvalue weighted by atomic mass is 10.1. The molecule has 0 saturated heterocycles. The number of hydrogen-bond donors (Lipinski definition) is 1. The topological polar surface area (TPSA) is 28.7 Å². The molecule has 0 aliphatic carbocycles. The minimum atomic E-state index is -0.165. The van der Waals surface area contributed by atoms with Gasteiger partial charge < -0.3 is 4.98 Å². The van der Waals surface area contributed by atoms with Crippen molar-refractivity contribution in [3.8, 4) is 0 Å². The first-order chi connectivity index (χ1) is 7.66. The summed E-state index contributed by atoms with van der Waals surface area (Å²) < 4.78 is 13.4.